The summed E-state index contributed by atoms with van der Waals surface area (Å²) >= 11 is 0. The Morgan fingerprint density at radius 2 is 1.74 bits per heavy atom. The lowest BCUT2D eigenvalue weighted by Crippen LogP contribution is -2.51. The van der Waals surface area contributed by atoms with Crippen molar-refractivity contribution in [1.29, 1.82) is 0 Å². The number of rotatable bonds is 7. The van der Waals surface area contributed by atoms with Crippen LogP contribution in [0, 0.1) is 5.82 Å². The number of hydrogen-bond acceptors (Lipinski definition) is 5. The van der Waals surface area contributed by atoms with Crippen molar-refractivity contribution in [3.8, 4) is 11.1 Å². The van der Waals surface area contributed by atoms with Gasteiger partial charge in [-0.25, -0.2) is 12.8 Å². The van der Waals surface area contributed by atoms with E-state index in [1.54, 1.807) is 30.6 Å². The van der Waals surface area contributed by atoms with Gasteiger partial charge in [-0.05, 0) is 65.8 Å². The molecule has 1 atom stereocenters. The number of sulfone groups is 1. The summed E-state index contributed by atoms with van der Waals surface area (Å²) in [7, 11) is -3.15. The van der Waals surface area contributed by atoms with Crippen molar-refractivity contribution >= 4 is 15.7 Å². The zero-order valence-corrected chi connectivity index (χ0v) is 19.6. The number of amides is 1. The lowest BCUT2D eigenvalue weighted by atomic mass is 9.82. The molecular weight excluding hydrogens is 453 g/mol. The molecule has 0 bridgehead atoms. The Labute approximate surface area is 199 Å². The first-order valence-corrected chi connectivity index (χ1v) is 13.1. The molecule has 1 saturated heterocycles. The molecular formula is C26H28FN3O3S. The standard InChI is InChI=1S/C26H28FN3O3S/c27-24-7-2-1-4-21(24)17-23(28)18-25(31)30-26(10-14-34(32,33)15-11-26)22-6-3-5-20(16-22)19-8-12-29-13-9-19/h1-9,12-13,16,23H,10-11,14-15,17-18,28H2,(H,30,31)/t23-/m1/s1. The van der Waals surface area contributed by atoms with Crippen LogP contribution in [-0.2, 0) is 26.6 Å². The van der Waals surface area contributed by atoms with E-state index in [2.05, 4.69) is 10.3 Å². The molecule has 1 aromatic heterocycles. The summed E-state index contributed by atoms with van der Waals surface area (Å²) in [6, 6.07) is 17.4. The summed E-state index contributed by atoms with van der Waals surface area (Å²) in [5, 5.41) is 3.11. The van der Waals surface area contributed by atoms with Crippen molar-refractivity contribution in [3.63, 3.8) is 0 Å². The maximum absolute atomic E-state index is 14.0. The Morgan fingerprint density at radius 1 is 1.03 bits per heavy atom. The topological polar surface area (TPSA) is 102 Å². The van der Waals surface area contributed by atoms with Crippen molar-refractivity contribution in [2.45, 2.75) is 37.3 Å². The summed E-state index contributed by atoms with van der Waals surface area (Å²) in [5.74, 6) is -0.639. The average molecular weight is 482 g/mol. The lowest BCUT2D eigenvalue weighted by molar-refractivity contribution is -0.123. The molecule has 1 aliphatic heterocycles. The third-order valence-corrected chi connectivity index (χ3v) is 8.03. The Hall–Kier alpha value is -3.10. The van der Waals surface area contributed by atoms with Crippen LogP contribution in [-0.4, -0.2) is 36.9 Å². The number of nitrogens with zero attached hydrogens (tertiary/aromatic N) is 1. The molecule has 0 aliphatic carbocycles. The molecule has 0 unspecified atom stereocenters. The van der Waals surface area contributed by atoms with Crippen LogP contribution in [0.25, 0.3) is 11.1 Å². The maximum atomic E-state index is 14.0. The predicted octanol–water partition coefficient (Wildman–Crippen LogP) is 3.37. The predicted molar refractivity (Wildman–Crippen MR) is 130 cm³/mol. The van der Waals surface area contributed by atoms with E-state index in [0.29, 0.717) is 5.56 Å². The quantitative estimate of drug-likeness (QED) is 0.539. The van der Waals surface area contributed by atoms with Crippen molar-refractivity contribution in [2.24, 2.45) is 5.73 Å². The van der Waals surface area contributed by atoms with Gasteiger partial charge in [-0.15, -0.1) is 0 Å². The van der Waals surface area contributed by atoms with Gasteiger partial charge in [0.05, 0.1) is 17.0 Å². The van der Waals surface area contributed by atoms with E-state index in [4.69, 9.17) is 5.73 Å². The summed E-state index contributed by atoms with van der Waals surface area (Å²) in [5.41, 5.74) is 8.62. The normalized spacial score (nSPS) is 17.6. The fourth-order valence-electron chi connectivity index (χ4n) is 4.49. The molecule has 2 heterocycles. The number of carbonyl (C=O) groups is 1. The SMILES string of the molecule is N[C@@H](CC(=O)NC1(c2cccc(-c3ccncc3)c2)CCS(=O)(=O)CC1)Cc1ccccc1F. The van der Waals surface area contributed by atoms with E-state index in [1.807, 2.05) is 36.4 Å². The smallest absolute Gasteiger partial charge is 0.222 e. The molecule has 34 heavy (non-hydrogen) atoms. The molecule has 6 nitrogen and oxygen atoms in total. The number of aromatic nitrogens is 1. The van der Waals surface area contributed by atoms with Crippen LogP contribution in [0.5, 0.6) is 0 Å². The van der Waals surface area contributed by atoms with Gasteiger partial charge >= 0.3 is 0 Å². The molecule has 0 spiro atoms. The number of carbonyl (C=O) groups excluding carboxylic acids is 1. The van der Waals surface area contributed by atoms with E-state index in [0.717, 1.165) is 16.7 Å². The summed E-state index contributed by atoms with van der Waals surface area (Å²) in [4.78, 5) is 17.1. The van der Waals surface area contributed by atoms with Crippen LogP contribution in [0.1, 0.15) is 30.4 Å². The highest BCUT2D eigenvalue weighted by Gasteiger charge is 2.40. The van der Waals surface area contributed by atoms with Gasteiger partial charge in [0.1, 0.15) is 5.82 Å². The fourth-order valence-corrected chi connectivity index (χ4v) is 6.01. The van der Waals surface area contributed by atoms with E-state index in [1.165, 1.54) is 6.07 Å². The minimum absolute atomic E-state index is 0.00591. The zero-order chi connectivity index (χ0) is 24.2. The molecule has 3 aromatic rings. The highest BCUT2D eigenvalue weighted by Crippen LogP contribution is 2.36. The largest absolute Gasteiger partial charge is 0.346 e. The number of benzene rings is 2. The van der Waals surface area contributed by atoms with E-state index < -0.39 is 21.4 Å². The van der Waals surface area contributed by atoms with Crippen LogP contribution in [0.4, 0.5) is 4.39 Å². The second-order valence-corrected chi connectivity index (χ2v) is 11.2. The Balaban J connectivity index is 1.56. The Kier molecular flexibility index (Phi) is 7.09. The molecule has 1 amide bonds. The van der Waals surface area contributed by atoms with Gasteiger partial charge in [0.15, 0.2) is 9.84 Å². The minimum atomic E-state index is -3.15. The monoisotopic (exact) mass is 481 g/mol. The maximum Gasteiger partial charge on any atom is 0.222 e. The van der Waals surface area contributed by atoms with Crippen molar-refractivity contribution in [3.05, 3.63) is 90.0 Å². The second kappa shape index (κ2) is 10.0. The summed E-state index contributed by atoms with van der Waals surface area (Å²) in [6.45, 7) is 0. The third kappa shape index (κ3) is 5.69. The molecule has 2 aromatic carbocycles. The molecule has 0 radical (unpaired) electrons. The van der Waals surface area contributed by atoms with Gasteiger partial charge in [-0.1, -0.05) is 36.4 Å². The van der Waals surface area contributed by atoms with Crippen molar-refractivity contribution in [1.82, 2.24) is 10.3 Å². The average Bonchev–Trinajstić information content (AvgIpc) is 2.83. The molecule has 0 saturated carbocycles. The van der Waals surface area contributed by atoms with Gasteiger partial charge in [0, 0.05) is 24.9 Å². The minimum Gasteiger partial charge on any atom is -0.346 e. The third-order valence-electron chi connectivity index (χ3n) is 6.37. The first-order valence-electron chi connectivity index (χ1n) is 11.3. The molecule has 3 N–H and O–H groups in total. The Bertz CT molecular complexity index is 1250. The van der Waals surface area contributed by atoms with E-state index >= 15 is 0 Å². The van der Waals surface area contributed by atoms with Crippen LogP contribution >= 0.6 is 0 Å². The first-order chi connectivity index (χ1) is 16.3. The fraction of sp³-hybridized carbons (Fsp3) is 0.308. The number of hydrogen-bond donors (Lipinski definition) is 2. The number of nitrogens with one attached hydrogen (secondary N) is 1. The zero-order valence-electron chi connectivity index (χ0n) is 18.8. The molecule has 178 valence electrons. The highest BCUT2D eigenvalue weighted by atomic mass is 32.2. The van der Waals surface area contributed by atoms with Crippen LogP contribution < -0.4 is 11.1 Å². The van der Waals surface area contributed by atoms with Gasteiger partial charge in [-0.3, -0.25) is 9.78 Å². The molecule has 1 fully saturated rings. The van der Waals surface area contributed by atoms with Crippen LogP contribution in [0.2, 0.25) is 0 Å². The van der Waals surface area contributed by atoms with Crippen LogP contribution in [0.3, 0.4) is 0 Å². The van der Waals surface area contributed by atoms with E-state index in [9.17, 15) is 17.6 Å². The first kappa shape index (κ1) is 24.0. The summed E-state index contributed by atoms with van der Waals surface area (Å²) < 4.78 is 38.3. The lowest BCUT2D eigenvalue weighted by Gasteiger charge is -2.39. The van der Waals surface area contributed by atoms with Gasteiger partial charge in [0.25, 0.3) is 0 Å². The van der Waals surface area contributed by atoms with Gasteiger partial charge in [0.2, 0.25) is 5.91 Å². The Morgan fingerprint density at radius 3 is 2.44 bits per heavy atom. The second-order valence-electron chi connectivity index (χ2n) is 8.86. The van der Waals surface area contributed by atoms with Crippen LogP contribution in [0.15, 0.2) is 73.1 Å². The number of nitrogens with two attached hydrogens (primary N) is 1. The molecule has 8 heteroatoms. The summed E-state index contributed by atoms with van der Waals surface area (Å²) in [6.07, 6.45) is 4.23. The van der Waals surface area contributed by atoms with Crippen molar-refractivity contribution < 1.29 is 17.6 Å². The van der Waals surface area contributed by atoms with Gasteiger partial charge in [-0.2, -0.15) is 0 Å². The number of halogens is 1. The number of pyridine rings is 1. The van der Waals surface area contributed by atoms with Crippen molar-refractivity contribution in [2.75, 3.05) is 11.5 Å². The van der Waals surface area contributed by atoms with E-state index in [-0.39, 0.29) is 48.9 Å². The molecule has 4 rings (SSSR count). The van der Waals surface area contributed by atoms with Gasteiger partial charge < -0.3 is 11.1 Å². The molecule has 1 aliphatic rings. The highest BCUT2D eigenvalue weighted by molar-refractivity contribution is 7.91.